The summed E-state index contributed by atoms with van der Waals surface area (Å²) in [4.78, 5) is 18.1. The number of imidazole rings is 1. The van der Waals surface area contributed by atoms with Crippen LogP contribution < -0.4 is 5.69 Å². The van der Waals surface area contributed by atoms with Crippen LogP contribution in [0.2, 0.25) is 0 Å². The van der Waals surface area contributed by atoms with Crippen LogP contribution in [-0.2, 0) is 4.74 Å². The Hall–Kier alpha value is -1.30. The van der Waals surface area contributed by atoms with Crippen LogP contribution in [0.3, 0.4) is 0 Å². The summed E-state index contributed by atoms with van der Waals surface area (Å²) in [5.41, 5.74) is 3.25. The number of hydrogen-bond acceptors (Lipinski definition) is 3. The summed E-state index contributed by atoms with van der Waals surface area (Å²) in [5.74, 6) is 0. The van der Waals surface area contributed by atoms with Crippen molar-refractivity contribution >= 4 is 23.4 Å². The number of halogens is 1. The zero-order valence-corrected chi connectivity index (χ0v) is 16.6. The molecule has 1 saturated heterocycles. The van der Waals surface area contributed by atoms with Gasteiger partial charge < -0.3 is 14.6 Å². The molecule has 5 nitrogen and oxygen atoms in total. The average molecular weight is 380 g/mol. The molecular formula is C20H30ClN3O2. The van der Waals surface area contributed by atoms with Crippen LogP contribution in [0.15, 0.2) is 23.0 Å². The minimum atomic E-state index is 0. The molecule has 144 valence electrons. The summed E-state index contributed by atoms with van der Waals surface area (Å²) in [6.07, 6.45) is 7.45. The van der Waals surface area contributed by atoms with E-state index in [-0.39, 0.29) is 18.1 Å². The first-order valence-corrected chi connectivity index (χ1v) is 9.63. The average Bonchev–Trinajstić information content (AvgIpc) is 2.97. The van der Waals surface area contributed by atoms with Gasteiger partial charge >= 0.3 is 5.69 Å². The molecule has 2 heterocycles. The van der Waals surface area contributed by atoms with Gasteiger partial charge in [-0.2, -0.15) is 0 Å². The minimum Gasteiger partial charge on any atom is -0.381 e. The van der Waals surface area contributed by atoms with E-state index in [4.69, 9.17) is 4.74 Å². The Morgan fingerprint density at radius 3 is 2.62 bits per heavy atom. The number of methoxy groups -OCH3 is 1. The second-order valence-corrected chi connectivity index (χ2v) is 7.77. The zero-order valence-electron chi connectivity index (χ0n) is 15.7. The summed E-state index contributed by atoms with van der Waals surface area (Å²) >= 11 is 0. The fourth-order valence-corrected chi connectivity index (χ4v) is 4.77. The predicted molar refractivity (Wildman–Crippen MR) is 107 cm³/mol. The highest BCUT2D eigenvalue weighted by Crippen LogP contribution is 2.31. The van der Waals surface area contributed by atoms with Gasteiger partial charge in [0, 0.05) is 32.3 Å². The third-order valence-corrected chi connectivity index (χ3v) is 6.19. The molecule has 2 aliphatic rings. The Kier molecular flexibility index (Phi) is 6.10. The van der Waals surface area contributed by atoms with E-state index in [0.29, 0.717) is 18.2 Å². The van der Waals surface area contributed by atoms with E-state index in [1.807, 2.05) is 17.7 Å². The van der Waals surface area contributed by atoms with Crippen molar-refractivity contribution in [3.05, 3.63) is 34.2 Å². The smallest absolute Gasteiger partial charge is 0.326 e. The number of aromatic amines is 1. The number of H-pyrrole nitrogens is 1. The lowest BCUT2D eigenvalue weighted by Gasteiger charge is -2.41. The number of rotatable bonds is 3. The van der Waals surface area contributed by atoms with Crippen molar-refractivity contribution in [1.82, 2.24) is 14.5 Å². The van der Waals surface area contributed by atoms with E-state index in [0.717, 1.165) is 43.4 Å². The number of likely N-dealkylation sites (tertiary alicyclic amines) is 1. The van der Waals surface area contributed by atoms with Crippen LogP contribution in [0.25, 0.3) is 11.0 Å². The summed E-state index contributed by atoms with van der Waals surface area (Å²) in [6, 6.07) is 7.16. The quantitative estimate of drug-likeness (QED) is 0.885. The van der Waals surface area contributed by atoms with Gasteiger partial charge in [0.1, 0.15) is 0 Å². The van der Waals surface area contributed by atoms with Gasteiger partial charge in [0.15, 0.2) is 0 Å². The molecule has 1 N–H and O–H groups in total. The lowest BCUT2D eigenvalue weighted by Crippen LogP contribution is -2.45. The monoisotopic (exact) mass is 379 g/mol. The van der Waals surface area contributed by atoms with Crippen molar-refractivity contribution in [2.45, 2.75) is 63.6 Å². The minimum absolute atomic E-state index is 0. The fourth-order valence-electron chi connectivity index (χ4n) is 4.77. The zero-order chi connectivity index (χ0) is 17.4. The summed E-state index contributed by atoms with van der Waals surface area (Å²) in [7, 11) is 1.84. The van der Waals surface area contributed by atoms with Gasteiger partial charge in [-0.15, -0.1) is 12.4 Å². The molecule has 1 aromatic carbocycles. The standard InChI is InChI=1S/C20H29N3O2.ClH/c1-14-6-7-18-19(12-14)23(20(24)21-18)15-8-10-22(11-9-15)16-4-3-5-17(13-16)25-2;/h6-7,12,15-17H,3-5,8-11,13H2,1-2H3,(H,21,24);1H/t16-,17-;/m0./s1. The van der Waals surface area contributed by atoms with E-state index >= 15 is 0 Å². The second-order valence-electron chi connectivity index (χ2n) is 7.77. The first-order chi connectivity index (χ1) is 12.2. The highest BCUT2D eigenvalue weighted by molar-refractivity contribution is 5.85. The molecule has 2 aromatic rings. The number of ether oxygens (including phenoxy) is 1. The van der Waals surface area contributed by atoms with E-state index < -0.39 is 0 Å². The van der Waals surface area contributed by atoms with Gasteiger partial charge in [0.25, 0.3) is 0 Å². The Labute approximate surface area is 161 Å². The molecule has 1 aliphatic heterocycles. The summed E-state index contributed by atoms with van der Waals surface area (Å²) < 4.78 is 7.59. The fraction of sp³-hybridized carbons (Fsp3) is 0.650. The molecule has 2 fully saturated rings. The Bertz CT molecular complexity index is 792. The molecular weight excluding hydrogens is 350 g/mol. The molecule has 4 rings (SSSR count). The van der Waals surface area contributed by atoms with Gasteiger partial charge in [-0.05, 0) is 63.1 Å². The van der Waals surface area contributed by atoms with Crippen LogP contribution in [0.4, 0.5) is 0 Å². The molecule has 0 unspecified atom stereocenters. The van der Waals surface area contributed by atoms with Crippen molar-refractivity contribution in [1.29, 1.82) is 0 Å². The molecule has 0 amide bonds. The third-order valence-electron chi connectivity index (χ3n) is 6.19. The number of piperidine rings is 1. The van der Waals surface area contributed by atoms with Crippen LogP contribution in [0.1, 0.15) is 50.1 Å². The highest BCUT2D eigenvalue weighted by Gasteiger charge is 2.31. The number of hydrogen-bond donors (Lipinski definition) is 1. The molecule has 6 heteroatoms. The Morgan fingerprint density at radius 2 is 1.88 bits per heavy atom. The van der Waals surface area contributed by atoms with Gasteiger partial charge in [-0.25, -0.2) is 4.79 Å². The molecule has 1 aliphatic carbocycles. The van der Waals surface area contributed by atoms with Crippen molar-refractivity contribution in [2.24, 2.45) is 0 Å². The van der Waals surface area contributed by atoms with Crippen molar-refractivity contribution in [2.75, 3.05) is 20.2 Å². The van der Waals surface area contributed by atoms with Gasteiger partial charge in [0.2, 0.25) is 0 Å². The molecule has 1 aromatic heterocycles. The van der Waals surface area contributed by atoms with Gasteiger partial charge in [0.05, 0.1) is 17.1 Å². The molecule has 2 atom stereocenters. The number of nitrogens with zero attached hydrogens (tertiary/aromatic N) is 2. The van der Waals surface area contributed by atoms with Crippen LogP contribution in [0.5, 0.6) is 0 Å². The Morgan fingerprint density at radius 1 is 1.12 bits per heavy atom. The SMILES string of the molecule is CO[C@H]1CCC[C@H](N2CCC(n3c(=O)[nH]c4ccc(C)cc43)CC2)C1.Cl. The van der Waals surface area contributed by atoms with Gasteiger partial charge in [-0.1, -0.05) is 6.07 Å². The number of nitrogens with one attached hydrogen (secondary N) is 1. The molecule has 1 saturated carbocycles. The number of fused-ring (bicyclic) bond motifs is 1. The maximum absolute atomic E-state index is 12.5. The molecule has 0 spiro atoms. The summed E-state index contributed by atoms with van der Waals surface area (Å²) in [6.45, 7) is 4.24. The Balaban J connectivity index is 0.00000196. The van der Waals surface area contributed by atoms with E-state index in [1.54, 1.807) is 0 Å². The lowest BCUT2D eigenvalue weighted by molar-refractivity contribution is 0.0184. The van der Waals surface area contributed by atoms with Crippen molar-refractivity contribution in [3.63, 3.8) is 0 Å². The second kappa shape index (κ2) is 8.15. The first kappa shape index (κ1) is 19.5. The third kappa shape index (κ3) is 3.71. The normalized spacial score (nSPS) is 25.3. The van der Waals surface area contributed by atoms with Crippen molar-refractivity contribution in [3.8, 4) is 0 Å². The van der Waals surface area contributed by atoms with Crippen molar-refractivity contribution < 1.29 is 4.74 Å². The first-order valence-electron chi connectivity index (χ1n) is 9.63. The molecule has 26 heavy (non-hydrogen) atoms. The van der Waals surface area contributed by atoms with Crippen LogP contribution >= 0.6 is 12.4 Å². The summed E-state index contributed by atoms with van der Waals surface area (Å²) in [5, 5.41) is 0. The maximum Gasteiger partial charge on any atom is 0.326 e. The molecule has 0 bridgehead atoms. The predicted octanol–water partition coefficient (Wildman–Crippen LogP) is 3.65. The lowest BCUT2D eigenvalue weighted by atomic mass is 9.90. The number of aryl methyl sites for hydroxylation is 1. The van der Waals surface area contributed by atoms with E-state index in [9.17, 15) is 4.79 Å². The van der Waals surface area contributed by atoms with Crippen LogP contribution in [0, 0.1) is 6.92 Å². The maximum atomic E-state index is 12.5. The largest absolute Gasteiger partial charge is 0.381 e. The molecule has 0 radical (unpaired) electrons. The number of aromatic nitrogens is 2. The highest BCUT2D eigenvalue weighted by atomic mass is 35.5. The topological polar surface area (TPSA) is 50.3 Å². The van der Waals surface area contributed by atoms with Gasteiger partial charge in [-0.3, -0.25) is 4.57 Å². The van der Waals surface area contributed by atoms with E-state index in [2.05, 4.69) is 28.9 Å². The van der Waals surface area contributed by atoms with E-state index in [1.165, 1.54) is 24.8 Å². The van der Waals surface area contributed by atoms with Crippen LogP contribution in [-0.4, -0.2) is 46.8 Å². The number of benzene rings is 1.